The van der Waals surface area contributed by atoms with E-state index in [0.29, 0.717) is 11.0 Å². The first kappa shape index (κ1) is 16.3. The van der Waals surface area contributed by atoms with Gasteiger partial charge in [0.25, 0.3) is 0 Å². The van der Waals surface area contributed by atoms with Crippen molar-refractivity contribution in [3.63, 3.8) is 0 Å². The Hall–Kier alpha value is -1.08. The van der Waals surface area contributed by atoms with Crippen molar-refractivity contribution in [1.82, 2.24) is 0 Å². The molecule has 0 N–H and O–H groups in total. The molecule has 114 valence electrons. The third-order valence-corrected chi connectivity index (χ3v) is 12.4. The normalized spacial score (nSPS) is 22.8. The van der Waals surface area contributed by atoms with Gasteiger partial charge in [-0.05, 0) is 37.3 Å². The fourth-order valence-corrected chi connectivity index (χ4v) is 8.80. The van der Waals surface area contributed by atoms with Gasteiger partial charge < -0.3 is 0 Å². The van der Waals surface area contributed by atoms with Crippen molar-refractivity contribution in [1.29, 1.82) is 0 Å². The van der Waals surface area contributed by atoms with Gasteiger partial charge in [-0.15, -0.1) is 0 Å². The summed E-state index contributed by atoms with van der Waals surface area (Å²) < 4.78 is 0. The van der Waals surface area contributed by atoms with Gasteiger partial charge in [-0.2, -0.15) is 0 Å². The third-order valence-electron chi connectivity index (χ3n) is 6.03. The maximum atomic E-state index is 2.57. The van der Waals surface area contributed by atoms with Crippen molar-refractivity contribution in [3.05, 3.63) is 52.2 Å². The molecule has 1 heteroatoms. The van der Waals surface area contributed by atoms with E-state index in [1.54, 1.807) is 21.5 Å². The summed E-state index contributed by atoms with van der Waals surface area (Å²) in [6.07, 6.45) is 0. The summed E-state index contributed by atoms with van der Waals surface area (Å²) in [6.45, 7) is 19.2. The first-order chi connectivity index (χ1) is 9.62. The van der Waals surface area contributed by atoms with Crippen LogP contribution in [0.5, 0.6) is 0 Å². The van der Waals surface area contributed by atoms with Gasteiger partial charge in [0.15, 0.2) is 0 Å². The number of benzene rings is 1. The van der Waals surface area contributed by atoms with Crippen LogP contribution in [-0.2, 0) is 0 Å². The molecule has 0 nitrogen and oxygen atoms in total. The number of rotatable bonds is 2. The van der Waals surface area contributed by atoms with Gasteiger partial charge in [0, 0.05) is 0 Å². The second kappa shape index (κ2) is 5.28. The van der Waals surface area contributed by atoms with Crippen LogP contribution < -0.4 is 5.19 Å². The predicted molar refractivity (Wildman–Crippen MR) is 97.6 cm³/mol. The standard InChI is InChI=1S/C20H30Si/c1-14-15(2)17(4)19(16(14)3)21(8,20(5,6)7)18-12-10-9-11-13-18/h9-13,16H,1-8H3. The monoisotopic (exact) mass is 298 g/mol. The predicted octanol–water partition coefficient (Wildman–Crippen LogP) is 5.61. The van der Waals surface area contributed by atoms with Crippen LogP contribution >= 0.6 is 0 Å². The Morgan fingerprint density at radius 1 is 0.905 bits per heavy atom. The quantitative estimate of drug-likeness (QED) is 0.622. The van der Waals surface area contributed by atoms with Crippen LogP contribution in [0.3, 0.4) is 0 Å². The summed E-state index contributed by atoms with van der Waals surface area (Å²) >= 11 is 0. The Balaban J connectivity index is 2.71. The molecule has 0 aromatic heterocycles. The van der Waals surface area contributed by atoms with E-state index in [0.717, 1.165) is 0 Å². The van der Waals surface area contributed by atoms with Crippen molar-refractivity contribution in [2.75, 3.05) is 0 Å². The van der Waals surface area contributed by atoms with E-state index < -0.39 is 8.07 Å². The van der Waals surface area contributed by atoms with Gasteiger partial charge >= 0.3 is 0 Å². The molecule has 0 spiro atoms. The molecule has 1 aliphatic rings. The molecule has 0 radical (unpaired) electrons. The molecule has 2 unspecified atom stereocenters. The van der Waals surface area contributed by atoms with Gasteiger partial charge in [-0.25, -0.2) is 0 Å². The molecule has 2 rings (SSSR count). The third kappa shape index (κ3) is 2.36. The zero-order chi connectivity index (χ0) is 16.0. The fraction of sp³-hybridized carbons (Fsp3) is 0.500. The lowest BCUT2D eigenvalue weighted by Crippen LogP contribution is -2.55. The number of hydrogen-bond acceptors (Lipinski definition) is 0. The van der Waals surface area contributed by atoms with E-state index in [4.69, 9.17) is 0 Å². The zero-order valence-corrected chi connectivity index (χ0v) is 16.0. The minimum atomic E-state index is -1.77. The summed E-state index contributed by atoms with van der Waals surface area (Å²) in [5.74, 6) is 0.598. The average Bonchev–Trinajstić information content (AvgIpc) is 2.62. The van der Waals surface area contributed by atoms with Crippen molar-refractivity contribution in [3.8, 4) is 0 Å². The minimum absolute atomic E-state index is 0.310. The largest absolute Gasteiger partial charge is 0.116 e. The van der Waals surface area contributed by atoms with E-state index in [1.165, 1.54) is 5.57 Å². The molecule has 0 fully saturated rings. The molecule has 0 aliphatic heterocycles. The number of hydrogen-bond donors (Lipinski definition) is 0. The molecule has 1 aliphatic carbocycles. The molecular weight excluding hydrogens is 268 g/mol. The summed E-state index contributed by atoms with van der Waals surface area (Å²) in [6, 6.07) is 11.2. The second-order valence-electron chi connectivity index (χ2n) is 7.81. The second-order valence-corrected chi connectivity index (χ2v) is 12.7. The van der Waals surface area contributed by atoms with Crippen LogP contribution in [0, 0.1) is 5.92 Å². The van der Waals surface area contributed by atoms with E-state index in [9.17, 15) is 0 Å². The lowest BCUT2D eigenvalue weighted by atomic mass is 10.1. The smallest absolute Gasteiger partial charge is 0.0655 e. The molecule has 0 bridgehead atoms. The minimum Gasteiger partial charge on any atom is -0.0655 e. The Bertz CT molecular complexity index is 598. The first-order valence-corrected chi connectivity index (χ1v) is 10.6. The lowest BCUT2D eigenvalue weighted by Gasteiger charge is -2.44. The Morgan fingerprint density at radius 2 is 1.43 bits per heavy atom. The summed E-state index contributed by atoms with van der Waals surface area (Å²) in [7, 11) is -1.77. The SMILES string of the molecule is CC1=C(C)C(C)C([Si](C)(c2ccccc2)C(C)(C)C)=C1C. The maximum absolute atomic E-state index is 2.57. The highest BCUT2D eigenvalue weighted by Crippen LogP contribution is 2.49. The van der Waals surface area contributed by atoms with Gasteiger partial charge in [-0.3, -0.25) is 0 Å². The van der Waals surface area contributed by atoms with Gasteiger partial charge in [-0.1, -0.05) is 86.1 Å². The average molecular weight is 299 g/mol. The molecule has 1 aromatic carbocycles. The van der Waals surface area contributed by atoms with E-state index in [2.05, 4.69) is 85.3 Å². The van der Waals surface area contributed by atoms with Crippen molar-refractivity contribution < 1.29 is 0 Å². The first-order valence-electron chi connectivity index (χ1n) is 8.07. The van der Waals surface area contributed by atoms with Crippen LogP contribution in [0.15, 0.2) is 52.2 Å². The molecule has 2 atom stereocenters. The Kier molecular flexibility index (Phi) is 4.09. The molecule has 0 amide bonds. The highest BCUT2D eigenvalue weighted by atomic mass is 28.3. The summed E-state index contributed by atoms with van der Waals surface area (Å²) in [5, 5.41) is 3.63. The summed E-state index contributed by atoms with van der Waals surface area (Å²) in [4.78, 5) is 0. The van der Waals surface area contributed by atoms with Crippen molar-refractivity contribution >= 4 is 13.3 Å². The molecule has 0 saturated heterocycles. The molecule has 21 heavy (non-hydrogen) atoms. The maximum Gasteiger partial charge on any atom is 0.116 e. The Labute approximate surface area is 132 Å². The van der Waals surface area contributed by atoms with E-state index in [-0.39, 0.29) is 0 Å². The topological polar surface area (TPSA) is 0 Å². The van der Waals surface area contributed by atoms with Crippen LogP contribution in [0.2, 0.25) is 11.6 Å². The summed E-state index contributed by atoms with van der Waals surface area (Å²) in [5.41, 5.74) is 4.66. The Morgan fingerprint density at radius 3 is 1.81 bits per heavy atom. The van der Waals surface area contributed by atoms with Crippen LogP contribution in [-0.4, -0.2) is 8.07 Å². The molecular formula is C20H30Si. The van der Waals surface area contributed by atoms with E-state index >= 15 is 0 Å². The van der Waals surface area contributed by atoms with E-state index in [1.807, 2.05) is 0 Å². The molecule has 1 aromatic rings. The molecule has 0 saturated carbocycles. The van der Waals surface area contributed by atoms with Crippen LogP contribution in [0.25, 0.3) is 0 Å². The highest BCUT2D eigenvalue weighted by Gasteiger charge is 2.48. The van der Waals surface area contributed by atoms with Crippen molar-refractivity contribution in [2.24, 2.45) is 5.92 Å². The molecule has 0 heterocycles. The fourth-order valence-electron chi connectivity index (χ4n) is 3.94. The van der Waals surface area contributed by atoms with Gasteiger partial charge in [0.2, 0.25) is 0 Å². The van der Waals surface area contributed by atoms with Crippen molar-refractivity contribution in [2.45, 2.75) is 60.1 Å². The van der Waals surface area contributed by atoms with Gasteiger partial charge in [0.1, 0.15) is 8.07 Å². The zero-order valence-electron chi connectivity index (χ0n) is 15.0. The number of allylic oxidation sites excluding steroid dienone is 4. The van der Waals surface area contributed by atoms with Crippen LogP contribution in [0.1, 0.15) is 48.5 Å². The lowest BCUT2D eigenvalue weighted by molar-refractivity contribution is 0.715. The van der Waals surface area contributed by atoms with Crippen LogP contribution in [0.4, 0.5) is 0 Å². The highest BCUT2D eigenvalue weighted by molar-refractivity contribution is 6.99. The van der Waals surface area contributed by atoms with Gasteiger partial charge in [0.05, 0.1) is 0 Å².